The zero-order valence-electron chi connectivity index (χ0n) is 26.7. The van der Waals surface area contributed by atoms with Crippen molar-refractivity contribution in [1.82, 2.24) is 4.90 Å². The average Bonchev–Trinajstić information content (AvgIpc) is 3.51. The summed E-state index contributed by atoms with van der Waals surface area (Å²) in [7, 11) is 3.00. The first-order valence-electron chi connectivity index (χ1n) is 15.7. The molecule has 258 valence electrons. The van der Waals surface area contributed by atoms with Gasteiger partial charge in [-0.05, 0) is 79.7 Å². The number of carboxylic acids is 1. The Morgan fingerprint density at radius 3 is 2.39 bits per heavy atom. The van der Waals surface area contributed by atoms with Crippen molar-refractivity contribution in [3.8, 4) is 11.5 Å². The number of pyridine rings is 1. The fourth-order valence-corrected chi connectivity index (χ4v) is 8.33. The van der Waals surface area contributed by atoms with Crippen LogP contribution >= 0.6 is 34.5 Å². The second-order valence-corrected chi connectivity index (χ2v) is 14.0. The number of ether oxygens (including phenoxy) is 3. The van der Waals surface area contributed by atoms with Crippen LogP contribution in [0.5, 0.6) is 11.5 Å². The van der Waals surface area contributed by atoms with Crippen molar-refractivity contribution in [2.24, 2.45) is 5.92 Å². The van der Waals surface area contributed by atoms with Crippen LogP contribution in [0.15, 0.2) is 60.9 Å². The first-order valence-corrected chi connectivity index (χ1v) is 17.2. The number of anilines is 1. The van der Waals surface area contributed by atoms with E-state index in [1.54, 1.807) is 30.3 Å². The normalized spacial score (nSPS) is 18.9. The van der Waals surface area contributed by atoms with E-state index in [1.807, 2.05) is 0 Å². The monoisotopic (exact) mass is 729 g/mol. The molecule has 0 unspecified atom stereocenters. The third-order valence-electron chi connectivity index (χ3n) is 9.18. The van der Waals surface area contributed by atoms with E-state index >= 15 is 4.39 Å². The lowest BCUT2D eigenvalue weighted by Gasteiger charge is -2.44. The van der Waals surface area contributed by atoms with Gasteiger partial charge in [-0.25, -0.2) is 14.0 Å². The number of amides is 1. The molecule has 3 fully saturated rings. The van der Waals surface area contributed by atoms with Crippen molar-refractivity contribution in [3.63, 3.8) is 0 Å². The van der Waals surface area contributed by atoms with Crippen molar-refractivity contribution < 1.29 is 38.0 Å². The lowest BCUT2D eigenvalue weighted by Crippen LogP contribution is -2.53. The molecule has 1 N–H and O–H groups in total. The third kappa shape index (κ3) is 7.42. The van der Waals surface area contributed by atoms with Gasteiger partial charge in [0, 0.05) is 22.9 Å². The molecule has 2 aromatic heterocycles. The third-order valence-corrected chi connectivity index (χ3v) is 11.0. The summed E-state index contributed by atoms with van der Waals surface area (Å²) in [6.45, 7) is 2.40. The van der Waals surface area contributed by atoms with E-state index in [9.17, 15) is 19.9 Å². The van der Waals surface area contributed by atoms with Gasteiger partial charge in [0.2, 0.25) is 0 Å². The highest BCUT2D eigenvalue weighted by Crippen LogP contribution is 2.41. The summed E-state index contributed by atoms with van der Waals surface area (Å²) in [6.07, 6.45) is 3.30. The van der Waals surface area contributed by atoms with Gasteiger partial charge in [-0.1, -0.05) is 41.4 Å². The molecule has 2 aromatic carbocycles. The number of para-hydroxylation sites is 1. The highest BCUT2D eigenvalue weighted by molar-refractivity contribution is 7.14. The molecular formula is C35H34Cl2FN3O7S. The fourth-order valence-electron chi connectivity index (χ4n) is 6.68. The Morgan fingerprint density at radius 2 is 1.78 bits per heavy atom. The molecule has 2 bridgehead atoms. The minimum Gasteiger partial charge on any atom is -0.619 e. The van der Waals surface area contributed by atoms with Crippen molar-refractivity contribution in [3.05, 3.63) is 108 Å². The number of carbonyl (C=O) groups excluding carboxylic acids is 1. The van der Waals surface area contributed by atoms with Gasteiger partial charge in [0.15, 0.2) is 23.9 Å². The van der Waals surface area contributed by atoms with E-state index in [0.717, 1.165) is 37.3 Å². The Hall–Kier alpha value is -4.10. The number of hydrogen-bond acceptors (Lipinski definition) is 8. The number of fused-ring (bicyclic) bond motifs is 3. The molecule has 10 nitrogen and oxygen atoms in total. The zero-order valence-corrected chi connectivity index (χ0v) is 29.1. The lowest BCUT2D eigenvalue weighted by atomic mass is 9.85. The quantitative estimate of drug-likeness (QED) is 0.128. The molecule has 14 heteroatoms. The minimum atomic E-state index is -1.19. The van der Waals surface area contributed by atoms with E-state index in [4.69, 9.17) is 37.4 Å². The maximum atomic E-state index is 15.3. The summed E-state index contributed by atoms with van der Waals surface area (Å²) in [5.41, 5.74) is 1.52. The Morgan fingerprint density at radius 1 is 1.08 bits per heavy atom. The summed E-state index contributed by atoms with van der Waals surface area (Å²) < 4.78 is 32.7. The van der Waals surface area contributed by atoms with Gasteiger partial charge in [0.05, 0.1) is 26.5 Å². The summed E-state index contributed by atoms with van der Waals surface area (Å²) in [6, 6.07) is 12.8. The molecule has 2 atom stereocenters. The van der Waals surface area contributed by atoms with Crippen molar-refractivity contribution >= 4 is 52.3 Å². The number of rotatable bonds is 11. The van der Waals surface area contributed by atoms with Gasteiger partial charge in [-0.15, -0.1) is 11.3 Å². The summed E-state index contributed by atoms with van der Waals surface area (Å²) >= 11 is 14.0. The maximum Gasteiger partial charge on any atom is 0.415 e. The molecule has 5 heterocycles. The van der Waals surface area contributed by atoms with E-state index in [1.165, 1.54) is 49.7 Å². The van der Waals surface area contributed by atoms with Gasteiger partial charge in [0.25, 0.3) is 0 Å². The van der Waals surface area contributed by atoms with Crippen LogP contribution in [0.25, 0.3) is 0 Å². The Labute approximate surface area is 296 Å². The van der Waals surface area contributed by atoms with Crippen LogP contribution < -0.4 is 19.1 Å². The number of aromatic carboxylic acids is 1. The predicted octanol–water partition coefficient (Wildman–Crippen LogP) is 7.15. The second kappa shape index (κ2) is 14.8. The van der Waals surface area contributed by atoms with Crippen LogP contribution in [0.2, 0.25) is 10.0 Å². The molecular weight excluding hydrogens is 696 g/mol. The standard InChI is InChI=1S/C35H34Cl2FN3O7S/c1-46-30-8-7-21(13-31(30)47-2)23(15-25-26(36)17-40(45)18-27(25)37)24-14-22(49-33(24)34(42)43)16-41(29-6-4-3-5-28(29)38)35(44)48-32-19-39-11-9-20(32)10-12-39/h3-8,13-14,17-18,20,23,32H,9-12,15-16,19H2,1-2H3,(H,42,43)/t23-,32-/m0/s1. The number of hydrogen-bond donors (Lipinski definition) is 1. The second-order valence-electron chi connectivity index (χ2n) is 12.1. The summed E-state index contributed by atoms with van der Waals surface area (Å²) in [5, 5.41) is 22.7. The van der Waals surface area contributed by atoms with Gasteiger partial charge < -0.3 is 24.5 Å². The smallest absolute Gasteiger partial charge is 0.415 e. The van der Waals surface area contributed by atoms with E-state index in [0.29, 0.717) is 44.3 Å². The molecule has 3 aliphatic rings. The van der Waals surface area contributed by atoms with Crippen molar-refractivity contribution in [2.75, 3.05) is 38.8 Å². The highest BCUT2D eigenvalue weighted by atomic mass is 35.5. The maximum absolute atomic E-state index is 15.3. The molecule has 49 heavy (non-hydrogen) atoms. The van der Waals surface area contributed by atoms with Crippen molar-refractivity contribution in [2.45, 2.75) is 37.8 Å². The number of thiophene rings is 1. The van der Waals surface area contributed by atoms with Crippen LogP contribution in [-0.4, -0.2) is 62.0 Å². The molecule has 3 aliphatic heterocycles. The van der Waals surface area contributed by atoms with Crippen LogP contribution in [0.1, 0.15) is 50.0 Å². The van der Waals surface area contributed by atoms with E-state index in [2.05, 4.69) is 4.90 Å². The fraction of sp³-hybridized carbons (Fsp3) is 0.343. The SMILES string of the molecule is COc1ccc([C@H](Cc2c(Cl)c[n+]([O-])cc2Cl)c2cc(CN(C(=O)O[C@H]3CN4CCC3CC4)c3ccccc3F)sc2C(=O)O)cc1OC. The average molecular weight is 731 g/mol. The zero-order chi connectivity index (χ0) is 34.8. The van der Waals surface area contributed by atoms with Gasteiger partial charge in [-0.3, -0.25) is 9.80 Å². The molecule has 0 saturated carbocycles. The molecule has 0 radical (unpaired) electrons. The number of piperidine rings is 3. The molecule has 4 aromatic rings. The Kier molecular flexibility index (Phi) is 10.5. The molecule has 0 aliphatic carbocycles. The largest absolute Gasteiger partial charge is 0.619 e. The molecule has 3 saturated heterocycles. The topological polar surface area (TPSA) is 115 Å². The number of halogens is 3. The Bertz CT molecular complexity index is 1840. The summed E-state index contributed by atoms with van der Waals surface area (Å²) in [5.74, 6) is -1.34. The van der Waals surface area contributed by atoms with E-state index < -0.39 is 23.8 Å². The number of benzene rings is 2. The minimum absolute atomic E-state index is 0.0103. The number of methoxy groups -OCH3 is 2. The van der Waals surface area contributed by atoms with Gasteiger partial charge in [-0.2, -0.15) is 4.73 Å². The number of aromatic nitrogens is 1. The summed E-state index contributed by atoms with van der Waals surface area (Å²) in [4.78, 5) is 30.6. The lowest BCUT2D eigenvalue weighted by molar-refractivity contribution is -0.605. The van der Waals surface area contributed by atoms with Crippen LogP contribution in [0, 0.1) is 16.9 Å². The molecule has 1 amide bonds. The van der Waals surface area contributed by atoms with Gasteiger partial charge >= 0.3 is 12.1 Å². The Balaban J connectivity index is 1.41. The van der Waals surface area contributed by atoms with Crippen LogP contribution in [0.3, 0.4) is 0 Å². The van der Waals surface area contributed by atoms with Crippen LogP contribution in [0.4, 0.5) is 14.9 Å². The first kappa shape index (κ1) is 34.8. The highest BCUT2D eigenvalue weighted by Gasteiger charge is 2.38. The number of carboxylic acid groups (broad SMARTS) is 1. The van der Waals surface area contributed by atoms with E-state index in [-0.39, 0.29) is 45.6 Å². The number of carbonyl (C=O) groups is 2. The van der Waals surface area contributed by atoms with Gasteiger partial charge in [0.1, 0.15) is 26.8 Å². The first-order chi connectivity index (χ1) is 23.6. The molecule has 0 spiro atoms. The predicted molar refractivity (Wildman–Crippen MR) is 184 cm³/mol. The van der Waals surface area contributed by atoms with Crippen molar-refractivity contribution in [1.29, 1.82) is 0 Å². The molecule has 7 rings (SSSR count). The van der Waals surface area contributed by atoms with Crippen LogP contribution in [-0.2, 0) is 17.7 Å². The number of nitrogens with zero attached hydrogens (tertiary/aromatic N) is 3.